The maximum Gasteiger partial charge on any atom is 0.226 e. The Labute approximate surface area is 110 Å². The van der Waals surface area contributed by atoms with Crippen LogP contribution >= 0.6 is 23.6 Å². The number of nitrogens with one attached hydrogen (secondary N) is 1. The lowest BCUT2D eigenvalue weighted by atomic mass is 10.3. The molecule has 0 amide bonds. The van der Waals surface area contributed by atoms with Crippen LogP contribution in [0.2, 0.25) is 0 Å². The third-order valence-corrected chi connectivity index (χ3v) is 3.87. The third kappa shape index (κ3) is 2.58. The van der Waals surface area contributed by atoms with E-state index in [9.17, 15) is 0 Å². The number of aromatic amines is 1. The van der Waals surface area contributed by atoms with Gasteiger partial charge in [0.1, 0.15) is 0 Å². The van der Waals surface area contributed by atoms with Gasteiger partial charge in [-0.3, -0.25) is 4.57 Å². The zero-order chi connectivity index (χ0) is 12.4. The van der Waals surface area contributed by atoms with Crippen molar-refractivity contribution in [2.45, 2.75) is 26.4 Å². The lowest BCUT2D eigenvalue weighted by molar-refractivity contribution is 0.647. The highest BCUT2D eigenvalue weighted by Gasteiger charge is 2.16. The predicted octanol–water partition coefficient (Wildman–Crippen LogP) is 2.95. The van der Waals surface area contributed by atoms with Crippen LogP contribution in [-0.4, -0.2) is 20.8 Å². The maximum absolute atomic E-state index is 5.15. The van der Waals surface area contributed by atoms with Crippen molar-refractivity contribution in [1.29, 1.82) is 0 Å². The Bertz CT molecular complexity index is 524. The lowest BCUT2D eigenvalue weighted by Gasteiger charge is -2.26. The summed E-state index contributed by atoms with van der Waals surface area (Å²) >= 11 is 6.91. The Morgan fingerprint density at radius 2 is 2.35 bits per heavy atom. The summed E-state index contributed by atoms with van der Waals surface area (Å²) in [6, 6.07) is 4.59. The molecule has 4 nitrogen and oxygen atoms in total. The van der Waals surface area contributed by atoms with Gasteiger partial charge in [-0.2, -0.15) is 0 Å². The molecule has 17 heavy (non-hydrogen) atoms. The minimum absolute atomic E-state index is 0.376. The van der Waals surface area contributed by atoms with E-state index in [4.69, 9.17) is 12.2 Å². The summed E-state index contributed by atoms with van der Waals surface area (Å²) in [5, 5.41) is 9.22. The van der Waals surface area contributed by atoms with E-state index in [1.165, 1.54) is 4.88 Å². The van der Waals surface area contributed by atoms with Gasteiger partial charge in [-0.1, -0.05) is 6.07 Å². The molecule has 0 atom stereocenters. The fraction of sp³-hybridized carbons (Fsp3) is 0.455. The highest BCUT2D eigenvalue weighted by atomic mass is 32.1. The first-order valence-corrected chi connectivity index (χ1v) is 6.79. The molecule has 2 aromatic rings. The van der Waals surface area contributed by atoms with Gasteiger partial charge in [-0.15, -0.1) is 16.4 Å². The molecular weight excluding hydrogens is 252 g/mol. The van der Waals surface area contributed by atoms with E-state index < -0.39 is 0 Å². The van der Waals surface area contributed by atoms with Crippen LogP contribution < -0.4 is 4.90 Å². The highest BCUT2D eigenvalue weighted by Crippen LogP contribution is 2.19. The number of nitrogens with zero attached hydrogens (tertiary/aromatic N) is 3. The number of hydrogen-bond donors (Lipinski definition) is 1. The fourth-order valence-electron chi connectivity index (χ4n) is 1.65. The number of rotatable bonds is 4. The number of thiophene rings is 1. The summed E-state index contributed by atoms with van der Waals surface area (Å²) in [7, 11) is 1.94. The standard InChI is InChI=1S/C11H16N4S2/c1-8(2)15(7-9-5-4-6-17-9)10-12-13-11(16)14(10)3/h4-6,8H,7H2,1-3H3,(H,13,16). The molecule has 0 radical (unpaired) electrons. The second-order valence-corrected chi connectivity index (χ2v) is 5.61. The average Bonchev–Trinajstić information content (AvgIpc) is 2.88. The van der Waals surface area contributed by atoms with E-state index in [-0.39, 0.29) is 0 Å². The first kappa shape index (κ1) is 12.3. The van der Waals surface area contributed by atoms with Gasteiger partial charge in [0.15, 0.2) is 4.77 Å². The SMILES string of the molecule is CC(C)N(Cc1cccs1)c1n[nH]c(=S)n1C. The summed E-state index contributed by atoms with van der Waals surface area (Å²) in [5.41, 5.74) is 0. The minimum atomic E-state index is 0.376. The van der Waals surface area contributed by atoms with Gasteiger partial charge in [-0.25, -0.2) is 5.10 Å². The predicted molar refractivity (Wildman–Crippen MR) is 74.0 cm³/mol. The van der Waals surface area contributed by atoms with Crippen LogP contribution in [0.5, 0.6) is 0 Å². The fourth-order valence-corrected chi connectivity index (χ4v) is 2.48. The molecule has 0 aliphatic heterocycles. The van der Waals surface area contributed by atoms with Crippen LogP contribution in [0.3, 0.4) is 0 Å². The van der Waals surface area contributed by atoms with Gasteiger partial charge in [0.05, 0.1) is 6.54 Å². The summed E-state index contributed by atoms with van der Waals surface area (Å²) in [6.07, 6.45) is 0. The molecule has 0 fully saturated rings. The highest BCUT2D eigenvalue weighted by molar-refractivity contribution is 7.71. The Morgan fingerprint density at radius 3 is 2.82 bits per heavy atom. The normalized spacial score (nSPS) is 11.1. The zero-order valence-corrected chi connectivity index (χ0v) is 11.8. The monoisotopic (exact) mass is 268 g/mol. The summed E-state index contributed by atoms with van der Waals surface area (Å²) < 4.78 is 2.56. The summed E-state index contributed by atoms with van der Waals surface area (Å²) in [4.78, 5) is 3.56. The molecule has 0 saturated carbocycles. The van der Waals surface area contributed by atoms with Crippen LogP contribution in [0.25, 0.3) is 0 Å². The number of anilines is 1. The molecule has 0 aromatic carbocycles. The van der Waals surface area contributed by atoms with Crippen molar-refractivity contribution in [1.82, 2.24) is 14.8 Å². The Balaban J connectivity index is 2.29. The molecule has 2 heterocycles. The zero-order valence-electron chi connectivity index (χ0n) is 10.2. The second kappa shape index (κ2) is 5.01. The molecule has 0 spiro atoms. The second-order valence-electron chi connectivity index (χ2n) is 4.19. The molecule has 2 rings (SSSR count). The summed E-state index contributed by atoms with van der Waals surface area (Å²) in [5.74, 6) is 0.887. The van der Waals surface area contributed by atoms with Crippen LogP contribution in [0.4, 0.5) is 5.95 Å². The first-order valence-electron chi connectivity index (χ1n) is 5.50. The van der Waals surface area contributed by atoms with E-state index in [1.807, 2.05) is 11.6 Å². The van der Waals surface area contributed by atoms with Crippen LogP contribution in [0.1, 0.15) is 18.7 Å². The Kier molecular flexibility index (Phi) is 3.63. The largest absolute Gasteiger partial charge is 0.333 e. The van der Waals surface area contributed by atoms with Crippen molar-refractivity contribution in [2.24, 2.45) is 7.05 Å². The number of hydrogen-bond acceptors (Lipinski definition) is 4. The molecule has 92 valence electrons. The smallest absolute Gasteiger partial charge is 0.226 e. The number of H-pyrrole nitrogens is 1. The van der Waals surface area contributed by atoms with Gasteiger partial charge >= 0.3 is 0 Å². The molecule has 0 aliphatic carbocycles. The quantitative estimate of drug-likeness (QED) is 0.866. The molecular formula is C11H16N4S2. The first-order chi connectivity index (χ1) is 8.09. The molecule has 6 heteroatoms. The van der Waals surface area contributed by atoms with Crippen LogP contribution in [0, 0.1) is 4.77 Å². The van der Waals surface area contributed by atoms with Crippen LogP contribution in [0.15, 0.2) is 17.5 Å². The van der Waals surface area contributed by atoms with E-state index in [1.54, 1.807) is 11.3 Å². The van der Waals surface area contributed by atoms with Crippen LogP contribution in [-0.2, 0) is 13.6 Å². The van der Waals surface area contributed by atoms with Gasteiger partial charge < -0.3 is 4.90 Å². The van der Waals surface area contributed by atoms with Crippen molar-refractivity contribution in [3.05, 3.63) is 27.2 Å². The summed E-state index contributed by atoms with van der Waals surface area (Å²) in [6.45, 7) is 5.18. The van der Waals surface area contributed by atoms with Crippen molar-refractivity contribution >= 4 is 29.5 Å². The van der Waals surface area contributed by atoms with E-state index in [0.717, 1.165) is 12.5 Å². The maximum atomic E-state index is 5.15. The molecule has 0 aliphatic rings. The number of aromatic nitrogens is 3. The topological polar surface area (TPSA) is 36.9 Å². The van der Waals surface area contributed by atoms with Crippen molar-refractivity contribution in [3.63, 3.8) is 0 Å². The van der Waals surface area contributed by atoms with Gasteiger partial charge in [0.2, 0.25) is 5.95 Å². The average molecular weight is 268 g/mol. The van der Waals surface area contributed by atoms with Crippen molar-refractivity contribution in [3.8, 4) is 0 Å². The van der Waals surface area contributed by atoms with Gasteiger partial charge in [0.25, 0.3) is 0 Å². The Morgan fingerprint density at radius 1 is 1.59 bits per heavy atom. The van der Waals surface area contributed by atoms with Crippen molar-refractivity contribution in [2.75, 3.05) is 4.90 Å². The minimum Gasteiger partial charge on any atom is -0.333 e. The van der Waals surface area contributed by atoms with E-state index in [0.29, 0.717) is 10.8 Å². The lowest BCUT2D eigenvalue weighted by Crippen LogP contribution is -2.32. The Hall–Kier alpha value is -1.14. The van der Waals surface area contributed by atoms with Gasteiger partial charge in [0, 0.05) is 18.0 Å². The molecule has 1 N–H and O–H groups in total. The van der Waals surface area contributed by atoms with E-state index in [2.05, 4.69) is 46.5 Å². The molecule has 0 bridgehead atoms. The van der Waals surface area contributed by atoms with Crippen molar-refractivity contribution < 1.29 is 0 Å². The molecule has 0 unspecified atom stereocenters. The molecule has 0 saturated heterocycles. The molecule has 2 aromatic heterocycles. The van der Waals surface area contributed by atoms with Gasteiger partial charge in [-0.05, 0) is 37.5 Å². The van der Waals surface area contributed by atoms with E-state index >= 15 is 0 Å². The third-order valence-electron chi connectivity index (χ3n) is 2.64.